The molecule has 4 aromatic carbocycles. The van der Waals surface area contributed by atoms with Gasteiger partial charge in [0.25, 0.3) is 5.91 Å². The Balaban J connectivity index is 1.23. The highest BCUT2D eigenvalue weighted by Gasteiger charge is 2.20. The molecule has 0 bridgehead atoms. The summed E-state index contributed by atoms with van der Waals surface area (Å²) in [5.74, 6) is 0.285. The van der Waals surface area contributed by atoms with Crippen LogP contribution < -0.4 is 15.4 Å². The van der Waals surface area contributed by atoms with Crippen LogP contribution in [-0.2, 0) is 4.79 Å². The summed E-state index contributed by atoms with van der Waals surface area (Å²) in [6.07, 6.45) is 0.639. The zero-order chi connectivity index (χ0) is 27.2. The second-order valence-corrected chi connectivity index (χ2v) is 11.0. The minimum absolute atomic E-state index is 0.104. The Bertz CT molecular complexity index is 1630. The van der Waals surface area contributed by atoms with Crippen LogP contribution in [0.1, 0.15) is 23.7 Å². The highest BCUT2D eigenvalue weighted by molar-refractivity contribution is 8.00. The van der Waals surface area contributed by atoms with E-state index in [2.05, 4.69) is 39.9 Å². The van der Waals surface area contributed by atoms with Crippen molar-refractivity contribution in [3.63, 3.8) is 0 Å². The number of thioether (sulfide) groups is 1. The molecule has 196 valence electrons. The van der Waals surface area contributed by atoms with E-state index >= 15 is 0 Å². The molecular formula is C31H27N3O3S2. The van der Waals surface area contributed by atoms with Gasteiger partial charge in [0.1, 0.15) is 5.75 Å². The summed E-state index contributed by atoms with van der Waals surface area (Å²) in [6.45, 7) is 1.98. The smallest absolute Gasteiger partial charge is 0.255 e. The lowest BCUT2D eigenvalue weighted by Crippen LogP contribution is -2.24. The maximum atomic E-state index is 13.1. The van der Waals surface area contributed by atoms with Gasteiger partial charge in [0, 0.05) is 27.1 Å². The van der Waals surface area contributed by atoms with Gasteiger partial charge in [0.2, 0.25) is 5.91 Å². The monoisotopic (exact) mass is 553 g/mol. The molecule has 0 aliphatic heterocycles. The molecule has 0 radical (unpaired) electrons. The van der Waals surface area contributed by atoms with Crippen molar-refractivity contribution in [3.8, 4) is 17.0 Å². The lowest BCUT2D eigenvalue weighted by Gasteiger charge is -2.14. The first-order valence-electron chi connectivity index (χ1n) is 12.5. The number of benzene rings is 4. The standard InChI is InChI=1S/C31H27N3O3S2/c1-3-28(39-26-13-7-11-24(18-26)32-29(35)23-10-6-12-25(17-23)37-2)30(36)34-31-33-27(19-38-31)22-15-14-20-8-4-5-9-21(20)16-22/h4-19,28H,3H2,1-2H3,(H,32,35)(H,33,34,36). The number of aromatic nitrogens is 1. The van der Waals surface area contributed by atoms with E-state index in [9.17, 15) is 9.59 Å². The Morgan fingerprint density at radius 3 is 2.56 bits per heavy atom. The maximum absolute atomic E-state index is 13.1. The maximum Gasteiger partial charge on any atom is 0.255 e. The summed E-state index contributed by atoms with van der Waals surface area (Å²) in [5.41, 5.74) is 3.01. The van der Waals surface area contributed by atoms with Crippen LogP contribution >= 0.6 is 23.1 Å². The number of nitrogens with zero attached hydrogens (tertiary/aromatic N) is 1. The lowest BCUT2D eigenvalue weighted by molar-refractivity contribution is -0.115. The summed E-state index contributed by atoms with van der Waals surface area (Å²) in [4.78, 5) is 31.4. The summed E-state index contributed by atoms with van der Waals surface area (Å²) >= 11 is 2.87. The Kier molecular flexibility index (Phi) is 8.24. The highest BCUT2D eigenvalue weighted by atomic mass is 32.2. The van der Waals surface area contributed by atoms with Crippen LogP contribution in [0.25, 0.3) is 22.0 Å². The van der Waals surface area contributed by atoms with E-state index in [1.54, 1.807) is 31.4 Å². The molecule has 0 aliphatic rings. The van der Waals surface area contributed by atoms with Crippen LogP contribution in [0.15, 0.2) is 101 Å². The average molecular weight is 554 g/mol. The number of nitrogens with one attached hydrogen (secondary N) is 2. The molecule has 39 heavy (non-hydrogen) atoms. The van der Waals surface area contributed by atoms with Gasteiger partial charge in [-0.2, -0.15) is 0 Å². The number of anilines is 2. The van der Waals surface area contributed by atoms with Crippen molar-refractivity contribution in [1.82, 2.24) is 4.98 Å². The van der Waals surface area contributed by atoms with Gasteiger partial charge in [-0.25, -0.2) is 4.98 Å². The SMILES string of the molecule is CCC(Sc1cccc(NC(=O)c2cccc(OC)c2)c1)C(=O)Nc1nc(-c2ccc3ccccc3c2)cs1. The Labute approximate surface area is 235 Å². The third kappa shape index (κ3) is 6.47. The van der Waals surface area contributed by atoms with E-state index in [0.29, 0.717) is 28.6 Å². The number of methoxy groups -OCH3 is 1. The fraction of sp³-hybridized carbons (Fsp3) is 0.129. The molecule has 5 aromatic rings. The van der Waals surface area contributed by atoms with Gasteiger partial charge >= 0.3 is 0 Å². The van der Waals surface area contributed by atoms with Crippen molar-refractivity contribution in [3.05, 3.63) is 102 Å². The predicted octanol–water partition coefficient (Wildman–Crippen LogP) is 7.73. The molecule has 0 saturated carbocycles. The molecule has 5 rings (SSSR count). The van der Waals surface area contributed by atoms with Gasteiger partial charge in [0.15, 0.2) is 5.13 Å². The van der Waals surface area contributed by atoms with E-state index in [1.807, 2.05) is 54.8 Å². The van der Waals surface area contributed by atoms with Crippen LogP contribution in [-0.4, -0.2) is 29.2 Å². The third-order valence-electron chi connectivity index (χ3n) is 6.14. The minimum atomic E-state index is -0.317. The quantitative estimate of drug-likeness (QED) is 0.183. The number of fused-ring (bicyclic) bond motifs is 1. The fourth-order valence-electron chi connectivity index (χ4n) is 4.10. The molecule has 2 amide bonds. The molecular weight excluding hydrogens is 526 g/mol. The number of ether oxygens (including phenoxy) is 1. The first-order chi connectivity index (χ1) is 19.0. The number of carbonyl (C=O) groups excluding carboxylic acids is 2. The largest absolute Gasteiger partial charge is 0.497 e. The second-order valence-electron chi connectivity index (χ2n) is 8.82. The van der Waals surface area contributed by atoms with Crippen molar-refractivity contribution in [2.75, 3.05) is 17.7 Å². The van der Waals surface area contributed by atoms with E-state index < -0.39 is 0 Å². The molecule has 0 saturated heterocycles. The van der Waals surface area contributed by atoms with Gasteiger partial charge in [-0.05, 0) is 59.7 Å². The molecule has 1 aromatic heterocycles. The molecule has 1 heterocycles. The lowest BCUT2D eigenvalue weighted by atomic mass is 10.1. The number of amides is 2. The normalized spacial score (nSPS) is 11.6. The van der Waals surface area contributed by atoms with Crippen LogP contribution in [0.4, 0.5) is 10.8 Å². The van der Waals surface area contributed by atoms with Crippen molar-refractivity contribution in [2.24, 2.45) is 0 Å². The molecule has 6 nitrogen and oxygen atoms in total. The number of hydrogen-bond donors (Lipinski definition) is 2. The number of carbonyl (C=O) groups is 2. The summed E-state index contributed by atoms with van der Waals surface area (Å²) < 4.78 is 5.21. The van der Waals surface area contributed by atoms with E-state index in [0.717, 1.165) is 21.5 Å². The Morgan fingerprint density at radius 1 is 0.923 bits per heavy atom. The van der Waals surface area contributed by atoms with E-state index in [1.165, 1.54) is 28.5 Å². The van der Waals surface area contributed by atoms with Gasteiger partial charge in [-0.1, -0.05) is 55.5 Å². The topological polar surface area (TPSA) is 80.3 Å². The molecule has 0 aliphatic carbocycles. The molecule has 1 atom stereocenters. The van der Waals surface area contributed by atoms with E-state index in [4.69, 9.17) is 4.74 Å². The van der Waals surface area contributed by atoms with Crippen molar-refractivity contribution < 1.29 is 14.3 Å². The van der Waals surface area contributed by atoms with Crippen LogP contribution in [0.3, 0.4) is 0 Å². The van der Waals surface area contributed by atoms with Crippen molar-refractivity contribution >= 4 is 56.5 Å². The van der Waals surface area contributed by atoms with Crippen LogP contribution in [0, 0.1) is 0 Å². The first kappa shape index (κ1) is 26.5. The molecule has 8 heteroatoms. The number of rotatable bonds is 9. The van der Waals surface area contributed by atoms with Crippen molar-refractivity contribution in [2.45, 2.75) is 23.5 Å². The van der Waals surface area contributed by atoms with Gasteiger partial charge in [-0.3, -0.25) is 9.59 Å². The Hall–Kier alpha value is -4.14. The summed E-state index contributed by atoms with van der Waals surface area (Å²) in [7, 11) is 1.57. The zero-order valence-corrected chi connectivity index (χ0v) is 23.1. The third-order valence-corrected chi connectivity index (χ3v) is 8.26. The summed E-state index contributed by atoms with van der Waals surface area (Å²) in [6, 6.07) is 28.9. The molecule has 1 unspecified atom stereocenters. The highest BCUT2D eigenvalue weighted by Crippen LogP contribution is 2.31. The van der Waals surface area contributed by atoms with Crippen LogP contribution in [0.5, 0.6) is 5.75 Å². The summed E-state index contributed by atoms with van der Waals surface area (Å²) in [5, 5.41) is 10.5. The zero-order valence-electron chi connectivity index (χ0n) is 21.5. The van der Waals surface area contributed by atoms with Gasteiger partial charge < -0.3 is 15.4 Å². The van der Waals surface area contributed by atoms with Crippen LogP contribution in [0.2, 0.25) is 0 Å². The van der Waals surface area contributed by atoms with E-state index in [-0.39, 0.29) is 17.1 Å². The number of hydrogen-bond acceptors (Lipinski definition) is 6. The predicted molar refractivity (Wildman–Crippen MR) is 161 cm³/mol. The molecule has 2 N–H and O–H groups in total. The minimum Gasteiger partial charge on any atom is -0.497 e. The molecule has 0 fully saturated rings. The second kappa shape index (κ2) is 12.1. The number of thiazole rings is 1. The van der Waals surface area contributed by atoms with Gasteiger partial charge in [0.05, 0.1) is 18.1 Å². The fourth-order valence-corrected chi connectivity index (χ4v) is 5.84. The van der Waals surface area contributed by atoms with Gasteiger partial charge in [-0.15, -0.1) is 23.1 Å². The first-order valence-corrected chi connectivity index (χ1v) is 14.3. The Morgan fingerprint density at radius 2 is 1.74 bits per heavy atom. The average Bonchev–Trinajstić information content (AvgIpc) is 3.44. The van der Waals surface area contributed by atoms with Crippen molar-refractivity contribution in [1.29, 1.82) is 0 Å². The molecule has 0 spiro atoms.